The summed E-state index contributed by atoms with van der Waals surface area (Å²) in [6.45, 7) is 1.72. The van der Waals surface area contributed by atoms with Crippen LogP contribution in [0.4, 0.5) is 0 Å². The molecule has 40 heavy (non-hydrogen) atoms. The van der Waals surface area contributed by atoms with Crippen molar-refractivity contribution in [1.82, 2.24) is 0 Å². The van der Waals surface area contributed by atoms with E-state index in [4.69, 9.17) is 23.7 Å². The van der Waals surface area contributed by atoms with E-state index in [1.54, 1.807) is 0 Å². The highest BCUT2D eigenvalue weighted by atomic mass is 16.7. The second-order valence-corrected chi connectivity index (χ2v) is 10.0. The largest absolute Gasteiger partial charge is 0.374 e. The van der Waals surface area contributed by atoms with Gasteiger partial charge in [-0.3, -0.25) is 0 Å². The van der Waals surface area contributed by atoms with Gasteiger partial charge in [0.1, 0.15) is 17.8 Å². The Morgan fingerprint density at radius 1 is 0.525 bits per heavy atom. The summed E-state index contributed by atoms with van der Waals surface area (Å²) in [5.41, 5.74) is 2.99. The maximum absolute atomic E-state index is 11.2. The van der Waals surface area contributed by atoms with Gasteiger partial charge in [-0.05, 0) is 22.3 Å². The highest BCUT2D eigenvalue weighted by molar-refractivity contribution is 5.17. The molecule has 0 saturated carbocycles. The summed E-state index contributed by atoms with van der Waals surface area (Å²) in [7, 11) is 0. The molecule has 0 aromatic heterocycles. The van der Waals surface area contributed by atoms with Crippen LogP contribution >= 0.6 is 0 Å². The first-order valence-electron chi connectivity index (χ1n) is 13.6. The van der Waals surface area contributed by atoms with Crippen LogP contribution in [0.25, 0.3) is 0 Å². The topological polar surface area (TPSA) is 66.4 Å². The Bertz CT molecular complexity index is 1210. The van der Waals surface area contributed by atoms with Gasteiger partial charge >= 0.3 is 0 Å². The van der Waals surface area contributed by atoms with Crippen LogP contribution in [0, 0.1) is 0 Å². The lowest BCUT2D eigenvalue weighted by Crippen LogP contribution is -2.52. The smallest absolute Gasteiger partial charge is 0.184 e. The molecule has 4 aromatic carbocycles. The van der Waals surface area contributed by atoms with E-state index in [1.807, 2.05) is 121 Å². The molecule has 1 aliphatic rings. The van der Waals surface area contributed by atoms with Crippen LogP contribution in [0.5, 0.6) is 0 Å². The third-order valence-corrected chi connectivity index (χ3v) is 6.93. The van der Waals surface area contributed by atoms with Crippen molar-refractivity contribution in [1.29, 1.82) is 0 Å². The second-order valence-electron chi connectivity index (χ2n) is 10.0. The van der Waals surface area contributed by atoms with E-state index in [9.17, 15) is 5.11 Å². The highest BCUT2D eigenvalue weighted by Gasteiger charge is 2.57. The molecule has 1 aliphatic heterocycles. The lowest BCUT2D eigenvalue weighted by molar-refractivity contribution is -0.209. The lowest BCUT2D eigenvalue weighted by Gasteiger charge is -2.34. The monoisotopic (exact) mass is 540 g/mol. The van der Waals surface area contributed by atoms with Crippen LogP contribution in [0.2, 0.25) is 0 Å². The van der Waals surface area contributed by atoms with E-state index in [-0.39, 0.29) is 13.2 Å². The summed E-state index contributed by atoms with van der Waals surface area (Å²) >= 11 is 0. The lowest BCUT2D eigenvalue weighted by atomic mass is 9.96. The van der Waals surface area contributed by atoms with Crippen molar-refractivity contribution >= 4 is 0 Å². The minimum atomic E-state index is -1.22. The van der Waals surface area contributed by atoms with Crippen LogP contribution in [-0.2, 0) is 50.1 Å². The second kappa shape index (κ2) is 14.3. The van der Waals surface area contributed by atoms with Gasteiger partial charge in [-0.25, -0.2) is 0 Å². The van der Waals surface area contributed by atoms with Crippen LogP contribution in [0.3, 0.4) is 0 Å². The fourth-order valence-corrected chi connectivity index (χ4v) is 4.87. The maximum atomic E-state index is 11.2. The van der Waals surface area contributed by atoms with Crippen molar-refractivity contribution in [3.05, 3.63) is 144 Å². The third-order valence-electron chi connectivity index (χ3n) is 6.93. The number of hydrogen-bond donors (Lipinski definition) is 1. The van der Waals surface area contributed by atoms with Gasteiger partial charge in [0, 0.05) is 0 Å². The number of ether oxygens (including phenoxy) is 5. The number of aliphatic hydroxyl groups is 1. The zero-order chi connectivity index (χ0) is 27.5. The van der Waals surface area contributed by atoms with Crippen molar-refractivity contribution in [2.45, 2.75) is 50.5 Å². The van der Waals surface area contributed by atoms with Crippen LogP contribution in [0.15, 0.2) is 121 Å². The van der Waals surface area contributed by atoms with Gasteiger partial charge in [0.05, 0.1) is 39.6 Å². The fourth-order valence-electron chi connectivity index (χ4n) is 4.87. The Morgan fingerprint density at radius 3 is 1.32 bits per heavy atom. The molecular weight excluding hydrogens is 504 g/mol. The summed E-state index contributed by atoms with van der Waals surface area (Å²) in [4.78, 5) is 0. The molecule has 0 aliphatic carbocycles. The molecule has 1 saturated heterocycles. The van der Waals surface area contributed by atoms with Crippen LogP contribution in [-0.4, -0.2) is 42.4 Å². The van der Waals surface area contributed by atoms with E-state index >= 15 is 0 Å². The minimum Gasteiger partial charge on any atom is -0.374 e. The Labute approximate surface area is 236 Å². The van der Waals surface area contributed by atoms with Gasteiger partial charge in [0.2, 0.25) is 0 Å². The van der Waals surface area contributed by atoms with E-state index in [1.165, 1.54) is 0 Å². The molecule has 208 valence electrons. The van der Waals surface area contributed by atoms with Crippen molar-refractivity contribution in [2.24, 2.45) is 0 Å². The average molecular weight is 541 g/mol. The zero-order valence-corrected chi connectivity index (χ0v) is 22.5. The molecule has 1 heterocycles. The predicted octanol–water partition coefficient (Wildman–Crippen LogP) is 5.68. The summed E-state index contributed by atoms with van der Waals surface area (Å²) in [6, 6.07) is 39.7. The predicted molar refractivity (Wildman–Crippen MR) is 152 cm³/mol. The first-order valence-corrected chi connectivity index (χ1v) is 13.6. The SMILES string of the molecule is O[C@H]1OC(COCc2ccccc2)(COCc2ccccc2)[C@@H](OCc2ccccc2)[C@H]1OCc1ccccc1. The van der Waals surface area contributed by atoms with Crippen LogP contribution < -0.4 is 0 Å². The highest BCUT2D eigenvalue weighted by Crippen LogP contribution is 2.37. The third kappa shape index (κ3) is 7.64. The summed E-state index contributed by atoms with van der Waals surface area (Å²) < 4.78 is 31.5. The molecule has 0 bridgehead atoms. The van der Waals surface area contributed by atoms with Gasteiger partial charge in [0.25, 0.3) is 0 Å². The van der Waals surface area contributed by atoms with Gasteiger partial charge < -0.3 is 28.8 Å². The van der Waals surface area contributed by atoms with Crippen molar-refractivity contribution in [2.75, 3.05) is 13.2 Å². The Hall–Kier alpha value is -3.36. The fraction of sp³-hybridized carbons (Fsp3) is 0.294. The zero-order valence-electron chi connectivity index (χ0n) is 22.5. The minimum absolute atomic E-state index is 0.151. The van der Waals surface area contributed by atoms with E-state index < -0.39 is 24.1 Å². The molecule has 6 nitrogen and oxygen atoms in total. The molecule has 0 amide bonds. The molecular formula is C34H36O6. The summed E-state index contributed by atoms with van der Waals surface area (Å²) in [5, 5.41) is 11.2. The Balaban J connectivity index is 1.37. The Kier molecular flexibility index (Phi) is 10.1. The molecule has 5 rings (SSSR count). The molecule has 0 unspecified atom stereocenters. The molecule has 3 atom stereocenters. The molecule has 4 aromatic rings. The number of hydrogen-bond acceptors (Lipinski definition) is 6. The van der Waals surface area contributed by atoms with Gasteiger partial charge in [-0.1, -0.05) is 121 Å². The van der Waals surface area contributed by atoms with Crippen LogP contribution in [0.1, 0.15) is 22.3 Å². The first-order chi connectivity index (χ1) is 19.7. The van der Waals surface area contributed by atoms with E-state index in [2.05, 4.69) is 0 Å². The van der Waals surface area contributed by atoms with E-state index in [0.29, 0.717) is 26.4 Å². The van der Waals surface area contributed by atoms with Gasteiger partial charge in [0.15, 0.2) is 6.29 Å². The number of benzene rings is 4. The normalized spacial score (nSPS) is 20.0. The van der Waals surface area contributed by atoms with Gasteiger partial charge in [-0.2, -0.15) is 0 Å². The molecule has 1 fully saturated rings. The number of aliphatic hydroxyl groups excluding tert-OH is 1. The molecule has 1 N–H and O–H groups in total. The summed E-state index contributed by atoms with van der Waals surface area (Å²) in [6.07, 6.45) is -2.62. The van der Waals surface area contributed by atoms with Crippen molar-refractivity contribution in [3.8, 4) is 0 Å². The van der Waals surface area contributed by atoms with Gasteiger partial charge in [-0.15, -0.1) is 0 Å². The summed E-state index contributed by atoms with van der Waals surface area (Å²) in [5.74, 6) is 0. The molecule has 0 spiro atoms. The maximum Gasteiger partial charge on any atom is 0.184 e. The molecule has 0 radical (unpaired) electrons. The quantitative estimate of drug-likeness (QED) is 0.222. The van der Waals surface area contributed by atoms with Crippen molar-refractivity contribution in [3.63, 3.8) is 0 Å². The Morgan fingerprint density at radius 2 is 0.900 bits per heavy atom. The molecule has 6 heteroatoms. The average Bonchev–Trinajstić information content (AvgIpc) is 3.26. The standard InChI is InChI=1S/C34H36O6/c35-33-31(38-23-29-17-9-3-10-18-29)32(39-24-30-19-11-4-12-20-30)34(40-33,25-36-21-27-13-5-1-6-14-27)26-37-22-28-15-7-2-8-16-28/h1-20,31-33,35H,21-26H2/t31-,32+,33+/m1/s1. The number of rotatable bonds is 14. The first kappa shape index (κ1) is 28.2. The van der Waals surface area contributed by atoms with Crippen molar-refractivity contribution < 1.29 is 28.8 Å². The van der Waals surface area contributed by atoms with E-state index in [0.717, 1.165) is 22.3 Å².